The van der Waals surface area contributed by atoms with E-state index in [2.05, 4.69) is 10.3 Å². The molecule has 0 amide bonds. The molecule has 0 aliphatic rings. The summed E-state index contributed by atoms with van der Waals surface area (Å²) in [5, 5.41) is 18.4. The van der Waals surface area contributed by atoms with Gasteiger partial charge in [0.25, 0.3) is 0 Å². The summed E-state index contributed by atoms with van der Waals surface area (Å²) in [4.78, 5) is 28.3. The van der Waals surface area contributed by atoms with Crippen LogP contribution in [0.5, 0.6) is 0 Å². The Hall–Kier alpha value is -1.90. The number of aliphatic hydroxyl groups excluding tert-OH is 1. The van der Waals surface area contributed by atoms with Gasteiger partial charge in [0.05, 0.1) is 5.39 Å². The lowest BCUT2D eigenvalue weighted by molar-refractivity contribution is 0.0313. The maximum Gasteiger partial charge on any atom is 0.341 e. The quantitative estimate of drug-likeness (QED) is 0.561. The van der Waals surface area contributed by atoms with Crippen molar-refractivity contribution < 1.29 is 19.8 Å². The maximum atomic E-state index is 12.0. The van der Waals surface area contributed by atoms with Gasteiger partial charge in [0.2, 0.25) is 5.43 Å². The second-order valence-electron chi connectivity index (χ2n) is 3.67. The highest BCUT2D eigenvalue weighted by molar-refractivity contribution is 7.22. The van der Waals surface area contributed by atoms with Crippen molar-refractivity contribution >= 4 is 32.5 Å². The number of fused-ring (bicyclic) bond motifs is 1. The molecule has 0 atom stereocenters. The number of nitrogens with one attached hydrogen (secondary N) is 1. The summed E-state index contributed by atoms with van der Waals surface area (Å²) in [6, 6.07) is 1.51. The Bertz CT molecular complexity index is 676. The van der Waals surface area contributed by atoms with Crippen molar-refractivity contribution in [1.29, 1.82) is 0 Å². The van der Waals surface area contributed by atoms with Crippen LogP contribution in [0.25, 0.3) is 10.2 Å². The molecule has 0 saturated carbocycles. The van der Waals surface area contributed by atoms with Gasteiger partial charge >= 0.3 is 5.97 Å². The first-order valence-electron chi connectivity index (χ1n) is 5.47. The molecule has 0 aliphatic heterocycles. The minimum atomic E-state index is -1.25. The number of thiophene rings is 1. The van der Waals surface area contributed by atoms with Gasteiger partial charge in [0, 0.05) is 12.7 Å². The fourth-order valence-corrected chi connectivity index (χ4v) is 2.76. The van der Waals surface area contributed by atoms with Crippen LogP contribution in [0.3, 0.4) is 0 Å². The Balaban J connectivity index is 2.64. The van der Waals surface area contributed by atoms with Crippen molar-refractivity contribution in [2.45, 2.75) is 13.5 Å². The van der Waals surface area contributed by atoms with E-state index in [1.165, 1.54) is 23.6 Å². The van der Waals surface area contributed by atoms with E-state index in [-0.39, 0.29) is 5.56 Å². The summed E-state index contributed by atoms with van der Waals surface area (Å²) >= 11 is 1.25. The van der Waals surface area contributed by atoms with E-state index in [1.807, 2.05) is 6.92 Å². The number of aromatic nitrogens is 1. The fourth-order valence-electron chi connectivity index (χ4n) is 1.72. The smallest absolute Gasteiger partial charge is 0.341 e. The molecule has 0 aromatic carbocycles. The van der Waals surface area contributed by atoms with Gasteiger partial charge in [-0.05, 0) is 13.0 Å². The summed E-state index contributed by atoms with van der Waals surface area (Å²) in [7, 11) is 0. The SMILES string of the molecule is CCn1cc(C(=O)O)c(=O)c2cc(NOCO)sc21. The Kier molecular flexibility index (Phi) is 3.84. The monoisotopic (exact) mass is 284 g/mol. The molecule has 0 saturated heterocycles. The second kappa shape index (κ2) is 5.39. The van der Waals surface area contributed by atoms with Crippen LogP contribution in [0.2, 0.25) is 0 Å². The number of aliphatic hydroxyl groups is 1. The van der Waals surface area contributed by atoms with Crippen LogP contribution in [-0.4, -0.2) is 27.5 Å². The molecule has 102 valence electrons. The highest BCUT2D eigenvalue weighted by Crippen LogP contribution is 2.28. The topological polar surface area (TPSA) is 101 Å². The first kappa shape index (κ1) is 13.5. The largest absolute Gasteiger partial charge is 0.477 e. The predicted octanol–water partition coefficient (Wildman–Crippen LogP) is 1.07. The molecule has 2 aromatic rings. The number of anilines is 1. The van der Waals surface area contributed by atoms with Gasteiger partial charge < -0.3 is 14.8 Å². The highest BCUT2D eigenvalue weighted by Gasteiger charge is 2.16. The maximum absolute atomic E-state index is 12.0. The lowest BCUT2D eigenvalue weighted by Crippen LogP contribution is -2.17. The van der Waals surface area contributed by atoms with Crippen molar-refractivity contribution in [2.24, 2.45) is 0 Å². The number of hydrogen-bond acceptors (Lipinski definition) is 6. The molecule has 0 aliphatic carbocycles. The van der Waals surface area contributed by atoms with Gasteiger partial charge in [0.1, 0.15) is 15.4 Å². The number of pyridine rings is 1. The van der Waals surface area contributed by atoms with E-state index < -0.39 is 18.2 Å². The third-order valence-electron chi connectivity index (χ3n) is 2.56. The average Bonchev–Trinajstić information content (AvgIpc) is 2.81. The third-order valence-corrected chi connectivity index (χ3v) is 3.62. The van der Waals surface area contributed by atoms with Crippen LogP contribution in [0, 0.1) is 0 Å². The van der Waals surface area contributed by atoms with Crippen LogP contribution < -0.4 is 10.9 Å². The average molecular weight is 284 g/mol. The standard InChI is InChI=1S/C11H12N2O5S/c1-2-13-4-7(11(16)17)9(15)6-3-8(12-18-5-14)19-10(6)13/h3-4,12,14H,2,5H2,1H3,(H,16,17). The van der Waals surface area contributed by atoms with Gasteiger partial charge in [-0.3, -0.25) is 10.3 Å². The Labute approximate surface area is 111 Å². The molecule has 8 heteroatoms. The van der Waals surface area contributed by atoms with Gasteiger partial charge in [-0.15, -0.1) is 0 Å². The molecule has 0 fully saturated rings. The molecular weight excluding hydrogens is 272 g/mol. The number of aromatic carboxylic acids is 1. The number of nitrogens with zero attached hydrogens (tertiary/aromatic N) is 1. The molecule has 3 N–H and O–H groups in total. The number of rotatable bonds is 5. The zero-order valence-electron chi connectivity index (χ0n) is 10.0. The summed E-state index contributed by atoms with van der Waals surface area (Å²) in [6.45, 7) is 1.89. The first-order valence-corrected chi connectivity index (χ1v) is 6.29. The number of aryl methyl sites for hydroxylation is 1. The highest BCUT2D eigenvalue weighted by atomic mass is 32.1. The summed E-state index contributed by atoms with van der Waals surface area (Å²) in [5.74, 6) is -1.25. The zero-order valence-corrected chi connectivity index (χ0v) is 10.9. The molecule has 2 aromatic heterocycles. The van der Waals surface area contributed by atoms with Gasteiger partial charge in [0.15, 0.2) is 6.79 Å². The van der Waals surface area contributed by atoms with Crippen LogP contribution >= 0.6 is 11.3 Å². The van der Waals surface area contributed by atoms with Crippen molar-refractivity contribution in [2.75, 3.05) is 12.3 Å². The van der Waals surface area contributed by atoms with Crippen LogP contribution in [0.4, 0.5) is 5.00 Å². The molecule has 0 bridgehead atoms. The van der Waals surface area contributed by atoms with Crippen LogP contribution in [0.1, 0.15) is 17.3 Å². The molecule has 2 rings (SSSR count). The Morgan fingerprint density at radius 2 is 2.32 bits per heavy atom. The van der Waals surface area contributed by atoms with Crippen LogP contribution in [-0.2, 0) is 11.4 Å². The third kappa shape index (κ3) is 2.46. The molecule has 0 unspecified atom stereocenters. The fraction of sp³-hybridized carbons (Fsp3) is 0.273. The number of carboxylic acid groups (broad SMARTS) is 1. The Morgan fingerprint density at radius 1 is 1.58 bits per heavy atom. The van der Waals surface area contributed by atoms with E-state index in [0.717, 1.165) is 0 Å². The molecule has 19 heavy (non-hydrogen) atoms. The normalized spacial score (nSPS) is 10.8. The minimum Gasteiger partial charge on any atom is -0.477 e. The Morgan fingerprint density at radius 3 is 2.89 bits per heavy atom. The minimum absolute atomic E-state index is 0.262. The lowest BCUT2D eigenvalue weighted by Gasteiger charge is -2.05. The predicted molar refractivity (Wildman–Crippen MR) is 70.5 cm³/mol. The number of carboxylic acids is 1. The summed E-state index contributed by atoms with van der Waals surface area (Å²) in [6.07, 6.45) is 1.33. The van der Waals surface area contributed by atoms with E-state index in [0.29, 0.717) is 21.8 Å². The zero-order chi connectivity index (χ0) is 14.0. The molecular formula is C11H12N2O5S. The van der Waals surface area contributed by atoms with E-state index in [4.69, 9.17) is 10.2 Å². The van der Waals surface area contributed by atoms with Crippen molar-refractivity contribution in [3.05, 3.63) is 28.0 Å². The van der Waals surface area contributed by atoms with Crippen LogP contribution in [0.15, 0.2) is 17.1 Å². The van der Waals surface area contributed by atoms with E-state index in [1.54, 1.807) is 4.57 Å². The lowest BCUT2D eigenvalue weighted by atomic mass is 10.2. The van der Waals surface area contributed by atoms with Crippen molar-refractivity contribution in [3.8, 4) is 0 Å². The van der Waals surface area contributed by atoms with Crippen molar-refractivity contribution in [1.82, 2.24) is 4.57 Å². The summed E-state index contributed by atoms with van der Waals surface area (Å²) in [5.41, 5.74) is 1.69. The second-order valence-corrected chi connectivity index (χ2v) is 4.70. The molecule has 0 radical (unpaired) electrons. The van der Waals surface area contributed by atoms with E-state index >= 15 is 0 Å². The first-order chi connectivity index (χ1) is 9.08. The molecule has 2 heterocycles. The number of carbonyl (C=O) groups is 1. The number of hydrogen-bond donors (Lipinski definition) is 3. The van der Waals surface area contributed by atoms with Gasteiger partial charge in [-0.25, -0.2) is 9.63 Å². The van der Waals surface area contributed by atoms with Gasteiger partial charge in [-0.1, -0.05) is 11.3 Å². The van der Waals surface area contributed by atoms with E-state index in [9.17, 15) is 9.59 Å². The molecule has 0 spiro atoms. The van der Waals surface area contributed by atoms with Gasteiger partial charge in [-0.2, -0.15) is 0 Å². The summed E-state index contributed by atoms with van der Waals surface area (Å²) < 4.78 is 1.69. The molecule has 7 nitrogen and oxygen atoms in total. The van der Waals surface area contributed by atoms with Crippen molar-refractivity contribution in [3.63, 3.8) is 0 Å².